The molecule has 0 bridgehead atoms. The Labute approximate surface area is 230 Å². The highest BCUT2D eigenvalue weighted by Crippen LogP contribution is 2.31. The molecule has 0 aliphatic rings. The fourth-order valence-corrected chi connectivity index (χ4v) is 5.44. The minimum atomic E-state index is -3.65. The minimum absolute atomic E-state index is 0.104. The van der Waals surface area contributed by atoms with Crippen LogP contribution in [0.2, 0.25) is 5.02 Å². The molecule has 3 aromatic carbocycles. The van der Waals surface area contributed by atoms with Crippen LogP contribution in [0, 0.1) is 6.92 Å². The number of aromatic nitrogens is 1. The van der Waals surface area contributed by atoms with E-state index in [1.54, 1.807) is 37.3 Å². The van der Waals surface area contributed by atoms with Gasteiger partial charge in [0.05, 0.1) is 23.7 Å². The van der Waals surface area contributed by atoms with Gasteiger partial charge in [0.25, 0.3) is 0 Å². The molecule has 1 heterocycles. The number of nitrogens with zero attached hydrogens (tertiary/aromatic N) is 1. The maximum absolute atomic E-state index is 12.9. The summed E-state index contributed by atoms with van der Waals surface area (Å²) in [6, 6.07) is 19.8. The number of halogens is 1. The molecule has 2 N–H and O–H groups in total. The first-order valence-corrected chi connectivity index (χ1v) is 13.9. The molecular formula is C28H25ClN2O7S. The lowest BCUT2D eigenvalue weighted by molar-refractivity contribution is -0.136. The summed E-state index contributed by atoms with van der Waals surface area (Å²) in [5.74, 6) is -0.852. The van der Waals surface area contributed by atoms with Crippen molar-refractivity contribution in [3.05, 3.63) is 100 Å². The molecule has 0 saturated heterocycles. The minimum Gasteiger partial charge on any atom is -0.481 e. The van der Waals surface area contributed by atoms with Crippen molar-refractivity contribution in [2.45, 2.75) is 30.4 Å². The van der Waals surface area contributed by atoms with Crippen LogP contribution in [-0.4, -0.2) is 37.4 Å². The lowest BCUT2D eigenvalue weighted by atomic mass is 10.1. The Balaban J connectivity index is 1.40. The van der Waals surface area contributed by atoms with Gasteiger partial charge in [-0.1, -0.05) is 71.4 Å². The van der Waals surface area contributed by atoms with E-state index in [1.807, 2.05) is 18.2 Å². The lowest BCUT2D eigenvalue weighted by Gasteiger charge is -2.09. The second-order valence-electron chi connectivity index (χ2n) is 8.74. The molecule has 0 fully saturated rings. The average Bonchev–Trinajstić information content (AvgIpc) is 3.25. The van der Waals surface area contributed by atoms with Crippen LogP contribution in [-0.2, 0) is 38.0 Å². The molecule has 11 heteroatoms. The summed E-state index contributed by atoms with van der Waals surface area (Å²) >= 11 is 6.13. The van der Waals surface area contributed by atoms with E-state index in [2.05, 4.69) is 10.5 Å². The number of carbonyl (C=O) groups excluding carboxylic acids is 1. The SMILES string of the molecule is Cc1onc(-c2ccc(CS(=O)(=O)c3ccc(CC(=O)O)cc3)cc2)c1NC(=O)OCCc1ccccc1Cl. The predicted octanol–water partition coefficient (Wildman–Crippen LogP) is 5.70. The average molecular weight is 569 g/mol. The Hall–Kier alpha value is -4.15. The van der Waals surface area contributed by atoms with E-state index in [0.29, 0.717) is 45.3 Å². The van der Waals surface area contributed by atoms with Crippen LogP contribution < -0.4 is 5.32 Å². The van der Waals surface area contributed by atoms with Crippen LogP contribution in [0.5, 0.6) is 0 Å². The zero-order valence-electron chi connectivity index (χ0n) is 20.9. The molecule has 202 valence electrons. The number of carbonyl (C=O) groups is 2. The number of aliphatic carboxylic acids is 1. The highest BCUT2D eigenvalue weighted by atomic mass is 35.5. The zero-order valence-corrected chi connectivity index (χ0v) is 22.5. The van der Waals surface area contributed by atoms with Crippen molar-refractivity contribution in [2.24, 2.45) is 0 Å². The van der Waals surface area contributed by atoms with Gasteiger partial charge in [0.2, 0.25) is 0 Å². The first-order valence-electron chi connectivity index (χ1n) is 11.9. The molecule has 9 nitrogen and oxygen atoms in total. The maximum Gasteiger partial charge on any atom is 0.411 e. The molecule has 4 aromatic rings. The largest absolute Gasteiger partial charge is 0.481 e. The molecule has 1 amide bonds. The molecule has 39 heavy (non-hydrogen) atoms. The molecular weight excluding hydrogens is 544 g/mol. The summed E-state index contributed by atoms with van der Waals surface area (Å²) in [6.45, 7) is 1.78. The molecule has 0 aliphatic heterocycles. The van der Waals surface area contributed by atoms with E-state index in [0.717, 1.165) is 5.56 Å². The highest BCUT2D eigenvalue weighted by molar-refractivity contribution is 7.90. The van der Waals surface area contributed by atoms with Gasteiger partial charge in [0.1, 0.15) is 11.4 Å². The van der Waals surface area contributed by atoms with Gasteiger partial charge in [-0.25, -0.2) is 13.2 Å². The van der Waals surface area contributed by atoms with Crippen molar-refractivity contribution in [1.82, 2.24) is 5.16 Å². The van der Waals surface area contributed by atoms with Crippen molar-refractivity contribution < 1.29 is 32.4 Å². The fourth-order valence-electron chi connectivity index (χ4n) is 3.86. The molecule has 0 unspecified atom stereocenters. The van der Waals surface area contributed by atoms with Crippen molar-refractivity contribution in [2.75, 3.05) is 11.9 Å². The third-order valence-corrected chi connectivity index (χ3v) is 7.95. The highest BCUT2D eigenvalue weighted by Gasteiger charge is 2.19. The molecule has 0 aliphatic carbocycles. The van der Waals surface area contributed by atoms with Crippen LogP contribution in [0.4, 0.5) is 10.5 Å². The molecule has 4 rings (SSSR count). The van der Waals surface area contributed by atoms with Gasteiger partial charge in [-0.2, -0.15) is 0 Å². The zero-order chi connectivity index (χ0) is 28.0. The maximum atomic E-state index is 12.9. The van der Waals surface area contributed by atoms with Gasteiger partial charge >= 0.3 is 12.1 Å². The van der Waals surface area contributed by atoms with Crippen LogP contribution in [0.3, 0.4) is 0 Å². The van der Waals surface area contributed by atoms with Gasteiger partial charge in [-0.05, 0) is 41.8 Å². The van der Waals surface area contributed by atoms with Gasteiger partial charge in [-0.3, -0.25) is 10.1 Å². The number of hydrogen-bond acceptors (Lipinski definition) is 7. The number of aryl methyl sites for hydroxylation is 1. The van der Waals surface area contributed by atoms with Crippen LogP contribution in [0.25, 0.3) is 11.3 Å². The normalized spacial score (nSPS) is 11.2. The van der Waals surface area contributed by atoms with Crippen LogP contribution >= 0.6 is 11.6 Å². The Bertz CT molecular complexity index is 1580. The number of amides is 1. The van der Waals surface area contributed by atoms with Crippen LogP contribution in [0.15, 0.2) is 82.2 Å². The van der Waals surface area contributed by atoms with E-state index in [-0.39, 0.29) is 23.7 Å². The number of anilines is 1. The molecule has 0 saturated carbocycles. The number of sulfone groups is 1. The molecule has 0 radical (unpaired) electrons. The third kappa shape index (κ3) is 7.24. The second-order valence-corrected chi connectivity index (χ2v) is 11.1. The summed E-state index contributed by atoms with van der Waals surface area (Å²) in [7, 11) is -3.65. The number of benzene rings is 3. The Morgan fingerprint density at radius 1 is 1.00 bits per heavy atom. The summed E-state index contributed by atoms with van der Waals surface area (Å²) < 4.78 is 36.3. The van der Waals surface area contributed by atoms with Gasteiger partial charge < -0.3 is 14.4 Å². The van der Waals surface area contributed by atoms with E-state index in [9.17, 15) is 18.0 Å². The fraction of sp³-hybridized carbons (Fsp3) is 0.179. The monoisotopic (exact) mass is 568 g/mol. The quantitative estimate of drug-likeness (QED) is 0.249. The van der Waals surface area contributed by atoms with Crippen molar-refractivity contribution in [3.63, 3.8) is 0 Å². The van der Waals surface area contributed by atoms with E-state index in [4.69, 9.17) is 26.0 Å². The molecule has 0 atom stereocenters. The summed E-state index contributed by atoms with van der Waals surface area (Å²) in [5, 5.41) is 16.2. The van der Waals surface area contributed by atoms with E-state index >= 15 is 0 Å². The smallest absolute Gasteiger partial charge is 0.411 e. The molecule has 1 aromatic heterocycles. The van der Waals surface area contributed by atoms with Crippen molar-refractivity contribution in [3.8, 4) is 11.3 Å². The van der Waals surface area contributed by atoms with Crippen molar-refractivity contribution in [1.29, 1.82) is 0 Å². The number of rotatable bonds is 10. The number of nitrogens with one attached hydrogen (secondary N) is 1. The van der Waals surface area contributed by atoms with Gasteiger partial charge in [-0.15, -0.1) is 0 Å². The number of carboxylic acid groups (broad SMARTS) is 1. The van der Waals surface area contributed by atoms with Gasteiger partial charge in [0.15, 0.2) is 15.6 Å². The van der Waals surface area contributed by atoms with Crippen molar-refractivity contribution >= 4 is 39.2 Å². The van der Waals surface area contributed by atoms with E-state index in [1.165, 1.54) is 24.3 Å². The summed E-state index contributed by atoms with van der Waals surface area (Å²) in [5.41, 5.74) is 3.26. The summed E-state index contributed by atoms with van der Waals surface area (Å²) in [4.78, 5) is 23.4. The van der Waals surface area contributed by atoms with Gasteiger partial charge in [0, 0.05) is 17.0 Å². The topological polar surface area (TPSA) is 136 Å². The third-order valence-electron chi connectivity index (χ3n) is 5.87. The number of carboxylic acids is 1. The predicted molar refractivity (Wildman–Crippen MR) is 145 cm³/mol. The second kappa shape index (κ2) is 12.1. The lowest BCUT2D eigenvalue weighted by Crippen LogP contribution is -2.16. The van der Waals surface area contributed by atoms with Crippen LogP contribution in [0.1, 0.15) is 22.5 Å². The Morgan fingerprint density at radius 2 is 1.67 bits per heavy atom. The Morgan fingerprint density at radius 3 is 2.33 bits per heavy atom. The number of hydrogen-bond donors (Lipinski definition) is 2. The Kier molecular flexibility index (Phi) is 8.68. The number of ether oxygens (including phenoxy) is 1. The standard InChI is InChI=1S/C28H25ClN2O7S/c1-18-26(30-28(34)37-15-14-21-4-2-3-5-24(21)29)27(31-38-18)22-10-6-20(7-11-22)17-39(35,36)23-12-8-19(9-13-23)16-25(32)33/h2-13H,14-17H2,1H3,(H,30,34)(H,32,33). The first-order chi connectivity index (χ1) is 18.6. The summed E-state index contributed by atoms with van der Waals surface area (Å²) in [6.07, 6.45) is -0.397. The molecule has 0 spiro atoms. The van der Waals surface area contributed by atoms with E-state index < -0.39 is 21.9 Å². The first kappa shape index (κ1) is 27.9.